The van der Waals surface area contributed by atoms with Gasteiger partial charge < -0.3 is 4.74 Å². The molecular weight excluding hydrogens is 288 g/mol. The van der Waals surface area contributed by atoms with Gasteiger partial charge in [0.25, 0.3) is 0 Å². The fourth-order valence-corrected chi connectivity index (χ4v) is 3.00. The largest absolute Gasteiger partial charge is 0.461 e. The topological polar surface area (TPSA) is 43.4 Å². The van der Waals surface area contributed by atoms with Crippen LogP contribution in [0.2, 0.25) is 0 Å². The lowest BCUT2D eigenvalue weighted by molar-refractivity contribution is -0.160. The third-order valence-corrected chi connectivity index (χ3v) is 5.19. The third-order valence-electron chi connectivity index (χ3n) is 5.19. The van der Waals surface area contributed by atoms with Gasteiger partial charge in [0.15, 0.2) is 0 Å². The quantitative estimate of drug-likeness (QED) is 0.637. The molecule has 0 saturated heterocycles. The lowest BCUT2D eigenvalue weighted by Gasteiger charge is -2.24. The van der Waals surface area contributed by atoms with Crippen LogP contribution in [0.15, 0.2) is 30.3 Å². The lowest BCUT2D eigenvalue weighted by atomic mass is 9.93. The van der Waals surface area contributed by atoms with Gasteiger partial charge in [-0.1, -0.05) is 51.1 Å². The number of carbonyl (C=O) groups excluding carboxylic acids is 2. The van der Waals surface area contributed by atoms with Crippen LogP contribution in [0.4, 0.5) is 0 Å². The highest BCUT2D eigenvalue weighted by molar-refractivity contribution is 5.83. The molecule has 2 unspecified atom stereocenters. The Morgan fingerprint density at radius 3 is 2.35 bits per heavy atom. The van der Waals surface area contributed by atoms with Crippen molar-refractivity contribution in [2.24, 2.45) is 11.3 Å². The second-order valence-corrected chi connectivity index (χ2v) is 6.73. The average molecular weight is 316 g/mol. The minimum atomic E-state index is -0.296. The Morgan fingerprint density at radius 2 is 1.83 bits per heavy atom. The van der Waals surface area contributed by atoms with Gasteiger partial charge in [-0.25, -0.2) is 0 Å². The predicted molar refractivity (Wildman–Crippen MR) is 91.1 cm³/mol. The maximum Gasteiger partial charge on any atom is 0.312 e. The smallest absolute Gasteiger partial charge is 0.312 e. The zero-order chi connectivity index (χ0) is 16.9. The molecule has 2 rings (SSSR count). The Balaban J connectivity index is 1.87. The van der Waals surface area contributed by atoms with E-state index >= 15 is 0 Å². The van der Waals surface area contributed by atoms with Gasteiger partial charge in [-0.2, -0.15) is 0 Å². The van der Waals surface area contributed by atoms with Gasteiger partial charge >= 0.3 is 5.97 Å². The monoisotopic (exact) mass is 316 g/mol. The highest BCUT2D eigenvalue weighted by Gasteiger charge is 2.50. The van der Waals surface area contributed by atoms with Gasteiger partial charge in [0.2, 0.25) is 0 Å². The van der Waals surface area contributed by atoms with E-state index in [0.717, 1.165) is 25.7 Å². The van der Waals surface area contributed by atoms with Crippen molar-refractivity contribution in [3.8, 4) is 0 Å². The molecule has 23 heavy (non-hydrogen) atoms. The normalized spacial score (nSPS) is 18.0. The fourth-order valence-electron chi connectivity index (χ4n) is 3.00. The SMILES string of the molecule is CCC(OC(=O)C1(CC)CC1)C(C)C(=O)CCc1ccccc1. The van der Waals surface area contributed by atoms with Gasteiger partial charge in [-0.05, 0) is 37.7 Å². The van der Waals surface area contributed by atoms with Crippen molar-refractivity contribution in [1.82, 2.24) is 0 Å². The van der Waals surface area contributed by atoms with Crippen LogP contribution in [0.1, 0.15) is 58.4 Å². The highest BCUT2D eigenvalue weighted by Crippen LogP contribution is 2.50. The van der Waals surface area contributed by atoms with E-state index in [1.54, 1.807) is 0 Å². The molecule has 0 heterocycles. The van der Waals surface area contributed by atoms with Crippen LogP contribution in [0.3, 0.4) is 0 Å². The molecule has 1 aliphatic carbocycles. The minimum Gasteiger partial charge on any atom is -0.461 e. The summed E-state index contributed by atoms with van der Waals surface area (Å²) < 4.78 is 5.69. The molecule has 2 atom stereocenters. The second-order valence-electron chi connectivity index (χ2n) is 6.73. The molecule has 0 N–H and O–H groups in total. The predicted octanol–water partition coefficient (Wildman–Crippen LogP) is 4.34. The van der Waals surface area contributed by atoms with E-state index in [4.69, 9.17) is 4.74 Å². The molecule has 1 aromatic carbocycles. The Morgan fingerprint density at radius 1 is 1.17 bits per heavy atom. The van der Waals surface area contributed by atoms with Crippen molar-refractivity contribution in [2.75, 3.05) is 0 Å². The van der Waals surface area contributed by atoms with E-state index in [2.05, 4.69) is 0 Å². The van der Waals surface area contributed by atoms with Crippen LogP contribution < -0.4 is 0 Å². The van der Waals surface area contributed by atoms with E-state index in [1.807, 2.05) is 51.1 Å². The van der Waals surface area contributed by atoms with Gasteiger partial charge in [0.1, 0.15) is 11.9 Å². The first kappa shape index (κ1) is 17.7. The molecule has 0 aromatic heterocycles. The van der Waals surface area contributed by atoms with Crippen LogP contribution >= 0.6 is 0 Å². The van der Waals surface area contributed by atoms with Crippen molar-refractivity contribution in [3.63, 3.8) is 0 Å². The zero-order valence-electron chi connectivity index (χ0n) is 14.5. The number of Topliss-reactive ketones (excluding diaryl/α,β-unsaturated/α-hetero) is 1. The van der Waals surface area contributed by atoms with Gasteiger partial charge in [-0.15, -0.1) is 0 Å². The minimum absolute atomic E-state index is 0.102. The molecule has 3 nitrogen and oxygen atoms in total. The van der Waals surface area contributed by atoms with Crippen molar-refractivity contribution >= 4 is 11.8 Å². The average Bonchev–Trinajstić information content (AvgIpc) is 3.39. The molecule has 3 heteroatoms. The summed E-state index contributed by atoms with van der Waals surface area (Å²) in [4.78, 5) is 24.7. The molecule has 0 amide bonds. The second kappa shape index (κ2) is 7.76. The third kappa shape index (κ3) is 4.43. The summed E-state index contributed by atoms with van der Waals surface area (Å²) in [6.45, 7) is 5.90. The molecule has 0 aliphatic heterocycles. The molecule has 1 saturated carbocycles. The van der Waals surface area contributed by atoms with Crippen LogP contribution in [-0.4, -0.2) is 17.9 Å². The molecule has 1 aromatic rings. The number of benzene rings is 1. The molecule has 1 aliphatic rings. The Hall–Kier alpha value is -1.64. The molecule has 1 fully saturated rings. The highest BCUT2D eigenvalue weighted by atomic mass is 16.5. The van der Waals surface area contributed by atoms with E-state index in [0.29, 0.717) is 12.8 Å². The summed E-state index contributed by atoms with van der Waals surface area (Å²) >= 11 is 0. The number of hydrogen-bond donors (Lipinski definition) is 0. The Kier molecular flexibility index (Phi) is 5.97. The van der Waals surface area contributed by atoms with Gasteiger partial charge in [-0.3, -0.25) is 9.59 Å². The maximum absolute atomic E-state index is 12.4. The summed E-state index contributed by atoms with van der Waals surface area (Å²) in [5, 5.41) is 0. The number of ether oxygens (including phenoxy) is 1. The lowest BCUT2D eigenvalue weighted by Crippen LogP contribution is -2.33. The number of aryl methyl sites for hydroxylation is 1. The standard InChI is InChI=1S/C20H28O3/c1-4-18(23-19(22)20(5-2)13-14-20)15(3)17(21)12-11-16-9-7-6-8-10-16/h6-10,15,18H,4-5,11-14H2,1-3H3. The molecular formula is C20H28O3. The van der Waals surface area contributed by atoms with E-state index in [9.17, 15) is 9.59 Å². The van der Waals surface area contributed by atoms with Crippen molar-refractivity contribution in [1.29, 1.82) is 0 Å². The van der Waals surface area contributed by atoms with E-state index in [1.165, 1.54) is 5.56 Å². The van der Waals surface area contributed by atoms with E-state index < -0.39 is 0 Å². The summed E-state index contributed by atoms with van der Waals surface area (Å²) in [7, 11) is 0. The molecule has 0 spiro atoms. The molecule has 126 valence electrons. The summed E-state index contributed by atoms with van der Waals surface area (Å²) in [6.07, 6.45) is 4.31. The van der Waals surface area contributed by atoms with Crippen LogP contribution in [0.25, 0.3) is 0 Å². The number of rotatable bonds is 9. The van der Waals surface area contributed by atoms with Gasteiger partial charge in [0, 0.05) is 6.42 Å². The number of esters is 1. The van der Waals surface area contributed by atoms with Crippen molar-refractivity contribution < 1.29 is 14.3 Å². The van der Waals surface area contributed by atoms with Crippen molar-refractivity contribution in [2.45, 2.75) is 65.4 Å². The van der Waals surface area contributed by atoms with Crippen LogP contribution in [0, 0.1) is 11.3 Å². The number of carbonyl (C=O) groups is 2. The molecule has 0 bridgehead atoms. The summed E-state index contributed by atoms with van der Waals surface area (Å²) in [5.41, 5.74) is 0.918. The first-order chi connectivity index (χ1) is 11.0. The van der Waals surface area contributed by atoms with Crippen LogP contribution in [-0.2, 0) is 20.7 Å². The fraction of sp³-hybridized carbons (Fsp3) is 0.600. The Labute approximate surface area is 139 Å². The summed E-state index contributed by atoms with van der Waals surface area (Å²) in [5.74, 6) is -0.162. The van der Waals surface area contributed by atoms with Crippen molar-refractivity contribution in [3.05, 3.63) is 35.9 Å². The number of hydrogen-bond acceptors (Lipinski definition) is 3. The molecule has 0 radical (unpaired) electrons. The first-order valence-electron chi connectivity index (χ1n) is 8.80. The van der Waals surface area contributed by atoms with Gasteiger partial charge in [0.05, 0.1) is 11.3 Å². The Bertz CT molecular complexity index is 531. The first-order valence-corrected chi connectivity index (χ1v) is 8.80. The van der Waals surface area contributed by atoms with E-state index in [-0.39, 0.29) is 29.2 Å². The zero-order valence-corrected chi connectivity index (χ0v) is 14.5. The van der Waals surface area contributed by atoms with Crippen LogP contribution in [0.5, 0.6) is 0 Å². The number of ketones is 1. The summed E-state index contributed by atoms with van der Waals surface area (Å²) in [6, 6.07) is 10.0. The maximum atomic E-state index is 12.4.